The minimum atomic E-state index is -3.73. The molecule has 29 heavy (non-hydrogen) atoms. The van der Waals surface area contributed by atoms with Crippen molar-refractivity contribution in [2.24, 2.45) is 5.14 Å². The van der Waals surface area contributed by atoms with Crippen molar-refractivity contribution in [3.8, 4) is 16.9 Å². The van der Waals surface area contributed by atoms with Crippen LogP contribution in [-0.4, -0.2) is 30.1 Å². The van der Waals surface area contributed by atoms with Gasteiger partial charge in [-0.3, -0.25) is 4.40 Å². The first-order valence-electron chi connectivity index (χ1n) is 8.79. The Labute approximate surface area is 168 Å². The fourth-order valence-corrected chi connectivity index (χ4v) is 3.66. The van der Waals surface area contributed by atoms with E-state index in [9.17, 15) is 8.42 Å². The smallest absolute Gasteiger partial charge is 0.238 e. The average molecular weight is 409 g/mol. The molecule has 4 aromatic rings. The molecule has 0 spiro atoms. The lowest BCUT2D eigenvalue weighted by atomic mass is 10.1. The number of hydrogen-bond donors (Lipinski definition) is 2. The zero-order chi connectivity index (χ0) is 20.4. The summed E-state index contributed by atoms with van der Waals surface area (Å²) >= 11 is 0. The van der Waals surface area contributed by atoms with Gasteiger partial charge >= 0.3 is 0 Å². The van der Waals surface area contributed by atoms with Gasteiger partial charge in [0.1, 0.15) is 17.9 Å². The monoisotopic (exact) mass is 409 g/mol. The van der Waals surface area contributed by atoms with Gasteiger partial charge in [-0.05, 0) is 35.9 Å². The lowest BCUT2D eigenvalue weighted by Gasteiger charge is -2.13. The van der Waals surface area contributed by atoms with E-state index >= 15 is 0 Å². The molecular weight excluding hydrogens is 390 g/mol. The van der Waals surface area contributed by atoms with Gasteiger partial charge in [-0.15, -0.1) is 10.2 Å². The van der Waals surface area contributed by atoms with Gasteiger partial charge in [-0.1, -0.05) is 30.3 Å². The molecule has 0 saturated heterocycles. The summed E-state index contributed by atoms with van der Waals surface area (Å²) in [5.41, 5.74) is 3.32. The van der Waals surface area contributed by atoms with Crippen LogP contribution in [0, 0.1) is 0 Å². The van der Waals surface area contributed by atoms with Crippen LogP contribution in [0.2, 0.25) is 0 Å². The number of nitrogens with one attached hydrogen (secondary N) is 1. The van der Waals surface area contributed by atoms with Crippen LogP contribution in [0.15, 0.2) is 71.9 Å². The number of methoxy groups -OCH3 is 1. The van der Waals surface area contributed by atoms with Crippen LogP contribution < -0.4 is 15.2 Å². The van der Waals surface area contributed by atoms with Gasteiger partial charge in [-0.25, -0.2) is 13.6 Å². The maximum absolute atomic E-state index is 11.5. The molecule has 0 fully saturated rings. The van der Waals surface area contributed by atoms with Crippen LogP contribution in [0.1, 0.15) is 5.56 Å². The number of pyridine rings is 1. The van der Waals surface area contributed by atoms with Crippen molar-refractivity contribution in [3.63, 3.8) is 0 Å². The van der Waals surface area contributed by atoms with E-state index in [1.54, 1.807) is 25.6 Å². The van der Waals surface area contributed by atoms with Crippen LogP contribution in [0.25, 0.3) is 16.8 Å². The molecule has 8 nitrogen and oxygen atoms in total. The zero-order valence-corrected chi connectivity index (χ0v) is 16.4. The molecule has 2 aromatic heterocycles. The predicted molar refractivity (Wildman–Crippen MR) is 110 cm³/mol. The SMILES string of the molecule is COc1ccccc1CNc1ccc(-c2ccc(S(N)(=O)=O)cc2)c2nncn12. The van der Waals surface area contributed by atoms with Crippen LogP contribution in [0.3, 0.4) is 0 Å². The molecule has 0 aliphatic carbocycles. The molecule has 2 aromatic carbocycles. The lowest BCUT2D eigenvalue weighted by molar-refractivity contribution is 0.410. The number of sulfonamides is 1. The normalized spacial score (nSPS) is 11.5. The maximum Gasteiger partial charge on any atom is 0.238 e. The number of anilines is 1. The topological polar surface area (TPSA) is 112 Å². The zero-order valence-electron chi connectivity index (χ0n) is 15.6. The van der Waals surface area contributed by atoms with Crippen molar-refractivity contribution >= 4 is 21.5 Å². The third-order valence-electron chi connectivity index (χ3n) is 4.60. The Balaban J connectivity index is 1.65. The molecule has 3 N–H and O–H groups in total. The Morgan fingerprint density at radius 2 is 1.83 bits per heavy atom. The number of rotatable bonds is 6. The molecular formula is C20H19N5O3S. The fourth-order valence-electron chi connectivity index (χ4n) is 3.14. The maximum atomic E-state index is 11.5. The van der Waals surface area contributed by atoms with Gasteiger partial charge in [-0.2, -0.15) is 0 Å². The minimum absolute atomic E-state index is 0.0637. The van der Waals surface area contributed by atoms with Crippen LogP contribution in [0.5, 0.6) is 5.75 Å². The highest BCUT2D eigenvalue weighted by Crippen LogP contribution is 2.27. The van der Waals surface area contributed by atoms with Crippen molar-refractivity contribution in [1.82, 2.24) is 14.6 Å². The number of nitrogens with zero attached hydrogens (tertiary/aromatic N) is 3. The van der Waals surface area contributed by atoms with Gasteiger partial charge in [0.2, 0.25) is 10.0 Å². The molecule has 0 bridgehead atoms. The number of aromatic nitrogens is 3. The number of ether oxygens (including phenoxy) is 1. The van der Waals surface area contributed by atoms with Crippen LogP contribution in [-0.2, 0) is 16.6 Å². The first-order valence-corrected chi connectivity index (χ1v) is 10.3. The van der Waals surface area contributed by atoms with Crippen molar-refractivity contribution < 1.29 is 13.2 Å². The number of benzene rings is 2. The summed E-state index contributed by atoms with van der Waals surface area (Å²) in [7, 11) is -2.09. The molecule has 2 heterocycles. The molecule has 9 heteroatoms. The summed E-state index contributed by atoms with van der Waals surface area (Å²) in [5, 5.41) is 16.8. The van der Waals surface area contributed by atoms with E-state index in [-0.39, 0.29) is 4.90 Å². The highest BCUT2D eigenvalue weighted by molar-refractivity contribution is 7.89. The third kappa shape index (κ3) is 3.78. The van der Waals surface area contributed by atoms with Crippen molar-refractivity contribution in [3.05, 3.63) is 72.6 Å². The van der Waals surface area contributed by atoms with E-state index < -0.39 is 10.0 Å². The Bertz CT molecular complexity index is 1270. The summed E-state index contributed by atoms with van der Waals surface area (Å²) in [4.78, 5) is 0.0637. The molecule has 0 saturated carbocycles. The average Bonchev–Trinajstić information content (AvgIpc) is 3.22. The van der Waals surface area contributed by atoms with Crippen molar-refractivity contribution in [2.75, 3.05) is 12.4 Å². The fraction of sp³-hybridized carbons (Fsp3) is 0.100. The number of hydrogen-bond acceptors (Lipinski definition) is 6. The summed E-state index contributed by atoms with van der Waals surface area (Å²) in [6, 6.07) is 18.0. The van der Waals surface area contributed by atoms with Crippen LogP contribution in [0.4, 0.5) is 5.82 Å². The number of primary sulfonamides is 1. The first kappa shape index (κ1) is 18.9. The molecule has 4 rings (SSSR count). The summed E-state index contributed by atoms with van der Waals surface area (Å²) in [5.74, 6) is 1.63. The summed E-state index contributed by atoms with van der Waals surface area (Å²) in [6.45, 7) is 0.569. The Morgan fingerprint density at radius 3 is 2.55 bits per heavy atom. The van der Waals surface area contributed by atoms with Gasteiger partial charge in [0, 0.05) is 17.7 Å². The van der Waals surface area contributed by atoms with E-state index in [2.05, 4.69) is 15.5 Å². The van der Waals surface area contributed by atoms with Crippen LogP contribution >= 0.6 is 0 Å². The second kappa shape index (κ2) is 7.53. The van der Waals surface area contributed by atoms with E-state index in [4.69, 9.17) is 9.88 Å². The molecule has 0 amide bonds. The molecule has 148 valence electrons. The van der Waals surface area contributed by atoms with Crippen molar-refractivity contribution in [2.45, 2.75) is 11.4 Å². The van der Waals surface area contributed by atoms with E-state index in [1.807, 2.05) is 40.8 Å². The lowest BCUT2D eigenvalue weighted by Crippen LogP contribution is -2.11. The number of para-hydroxylation sites is 1. The highest BCUT2D eigenvalue weighted by atomic mass is 32.2. The number of nitrogens with two attached hydrogens (primary N) is 1. The van der Waals surface area contributed by atoms with Gasteiger partial charge in [0.25, 0.3) is 0 Å². The molecule has 0 atom stereocenters. The Kier molecular flexibility index (Phi) is 4.91. The highest BCUT2D eigenvalue weighted by Gasteiger charge is 2.12. The largest absolute Gasteiger partial charge is 0.496 e. The molecule has 0 aliphatic heterocycles. The Hall–Kier alpha value is -3.43. The second-order valence-electron chi connectivity index (χ2n) is 6.39. The molecule has 0 unspecified atom stereocenters. The molecule has 0 radical (unpaired) electrons. The minimum Gasteiger partial charge on any atom is -0.496 e. The standard InChI is InChI=1S/C20H19N5O3S/c1-28-18-5-3-2-4-15(18)12-22-19-11-10-17(20-24-23-13-25(19)20)14-6-8-16(9-7-14)29(21,26)27/h2-11,13,22H,12H2,1H3,(H2,21,26,27). The van der Waals surface area contributed by atoms with Crippen molar-refractivity contribution in [1.29, 1.82) is 0 Å². The van der Waals surface area contributed by atoms with E-state index in [0.29, 0.717) is 12.2 Å². The van der Waals surface area contributed by atoms with Gasteiger partial charge in [0.05, 0.1) is 12.0 Å². The summed E-state index contributed by atoms with van der Waals surface area (Å²) < 4.78 is 30.2. The summed E-state index contributed by atoms with van der Waals surface area (Å²) in [6.07, 6.45) is 1.63. The molecule has 0 aliphatic rings. The first-order chi connectivity index (χ1) is 14.0. The number of fused-ring (bicyclic) bond motifs is 1. The van der Waals surface area contributed by atoms with E-state index in [1.165, 1.54) is 12.1 Å². The van der Waals surface area contributed by atoms with Gasteiger partial charge < -0.3 is 10.1 Å². The second-order valence-corrected chi connectivity index (χ2v) is 7.95. The Morgan fingerprint density at radius 1 is 1.07 bits per heavy atom. The van der Waals surface area contributed by atoms with E-state index in [0.717, 1.165) is 28.3 Å². The third-order valence-corrected chi connectivity index (χ3v) is 5.53. The quantitative estimate of drug-likeness (QED) is 0.506. The van der Waals surface area contributed by atoms with Gasteiger partial charge in [0.15, 0.2) is 5.65 Å². The predicted octanol–water partition coefficient (Wildman–Crippen LogP) is 2.66.